The lowest BCUT2D eigenvalue weighted by atomic mass is 10.3. The summed E-state index contributed by atoms with van der Waals surface area (Å²) in [6, 6.07) is 8.16. The smallest absolute Gasteiger partial charge is 0.263 e. The summed E-state index contributed by atoms with van der Waals surface area (Å²) in [4.78, 5) is 10.7. The normalized spacial score (nSPS) is 15.3. The van der Waals surface area contributed by atoms with Crippen LogP contribution in [0.25, 0.3) is 10.2 Å². The maximum Gasteiger partial charge on any atom is 0.263 e. The predicted octanol–water partition coefficient (Wildman–Crippen LogP) is 2.98. The van der Waals surface area contributed by atoms with Crippen molar-refractivity contribution >= 4 is 54.0 Å². The molecule has 0 bridgehead atoms. The SMILES string of the molecule is O=S(=O)(Nc1ccc2nc(N3CCOCC3)sc2c1)c1ccc(Cl)nc1. The molecule has 7 nitrogen and oxygen atoms in total. The van der Waals surface area contributed by atoms with E-state index in [2.05, 4.69) is 19.6 Å². The van der Waals surface area contributed by atoms with Crippen molar-refractivity contribution < 1.29 is 13.2 Å². The van der Waals surface area contributed by atoms with Crippen LogP contribution in [0.5, 0.6) is 0 Å². The molecule has 4 rings (SSSR count). The Kier molecular flexibility index (Phi) is 4.70. The van der Waals surface area contributed by atoms with Crippen molar-refractivity contribution in [2.45, 2.75) is 4.90 Å². The van der Waals surface area contributed by atoms with Gasteiger partial charge in [0, 0.05) is 19.3 Å². The predicted molar refractivity (Wildman–Crippen MR) is 103 cm³/mol. The number of halogens is 1. The van der Waals surface area contributed by atoms with E-state index in [1.165, 1.54) is 29.7 Å². The molecular weight excluding hydrogens is 396 g/mol. The summed E-state index contributed by atoms with van der Waals surface area (Å²) in [6.07, 6.45) is 1.23. The molecule has 0 amide bonds. The summed E-state index contributed by atoms with van der Waals surface area (Å²) < 4.78 is 33.8. The van der Waals surface area contributed by atoms with Gasteiger partial charge in [0.2, 0.25) is 0 Å². The van der Waals surface area contributed by atoms with Gasteiger partial charge in [0.05, 0.1) is 29.1 Å². The zero-order valence-electron chi connectivity index (χ0n) is 13.6. The second-order valence-electron chi connectivity index (χ2n) is 5.70. The van der Waals surface area contributed by atoms with Crippen LogP contribution in [0.2, 0.25) is 5.15 Å². The fraction of sp³-hybridized carbons (Fsp3) is 0.250. The van der Waals surface area contributed by atoms with Gasteiger partial charge in [-0.15, -0.1) is 0 Å². The molecule has 1 saturated heterocycles. The third-order valence-corrected chi connectivity index (χ3v) is 6.59. The van der Waals surface area contributed by atoms with Crippen molar-refractivity contribution in [3.05, 3.63) is 41.7 Å². The van der Waals surface area contributed by atoms with E-state index >= 15 is 0 Å². The third-order valence-electron chi connectivity index (χ3n) is 3.92. The lowest BCUT2D eigenvalue weighted by molar-refractivity contribution is 0.122. The number of nitrogens with zero attached hydrogens (tertiary/aromatic N) is 3. The molecule has 10 heteroatoms. The van der Waals surface area contributed by atoms with Gasteiger partial charge in [-0.05, 0) is 30.3 Å². The van der Waals surface area contributed by atoms with Crippen LogP contribution in [0, 0.1) is 0 Å². The highest BCUT2D eigenvalue weighted by Gasteiger charge is 2.17. The summed E-state index contributed by atoms with van der Waals surface area (Å²) >= 11 is 7.25. The summed E-state index contributed by atoms with van der Waals surface area (Å²) in [5.41, 5.74) is 1.32. The quantitative estimate of drug-likeness (QED) is 0.665. The number of sulfonamides is 1. The number of ether oxygens (including phenoxy) is 1. The molecule has 0 saturated carbocycles. The standard InChI is InChI=1S/C16H15ClN4O3S2/c17-15-4-2-12(10-18-15)26(22,23)20-11-1-3-13-14(9-11)25-16(19-13)21-5-7-24-8-6-21/h1-4,9-10,20H,5-8H2. The molecule has 0 aliphatic carbocycles. The molecule has 2 aromatic heterocycles. The highest BCUT2D eigenvalue weighted by Crippen LogP contribution is 2.31. The maximum atomic E-state index is 12.5. The van der Waals surface area contributed by atoms with Crippen molar-refractivity contribution in [2.75, 3.05) is 35.9 Å². The zero-order chi connectivity index (χ0) is 18.1. The second kappa shape index (κ2) is 6.99. The van der Waals surface area contributed by atoms with Gasteiger partial charge >= 0.3 is 0 Å². The number of anilines is 2. The van der Waals surface area contributed by atoms with Crippen LogP contribution >= 0.6 is 22.9 Å². The van der Waals surface area contributed by atoms with E-state index < -0.39 is 10.0 Å². The van der Waals surface area contributed by atoms with E-state index in [0.717, 1.165) is 28.4 Å². The second-order valence-corrected chi connectivity index (χ2v) is 8.78. The number of pyridine rings is 1. The first-order chi connectivity index (χ1) is 12.5. The summed E-state index contributed by atoms with van der Waals surface area (Å²) in [5, 5.41) is 1.16. The number of aromatic nitrogens is 2. The zero-order valence-corrected chi connectivity index (χ0v) is 15.9. The Balaban J connectivity index is 1.59. The van der Waals surface area contributed by atoms with Crippen molar-refractivity contribution in [3.63, 3.8) is 0 Å². The molecule has 26 heavy (non-hydrogen) atoms. The molecule has 1 aliphatic heterocycles. The Morgan fingerprint density at radius 2 is 2.00 bits per heavy atom. The van der Waals surface area contributed by atoms with E-state index in [0.29, 0.717) is 18.9 Å². The number of morpholine rings is 1. The minimum absolute atomic E-state index is 0.0558. The van der Waals surface area contributed by atoms with Gasteiger partial charge in [-0.3, -0.25) is 4.72 Å². The number of benzene rings is 1. The van der Waals surface area contributed by atoms with Gasteiger partial charge < -0.3 is 9.64 Å². The van der Waals surface area contributed by atoms with Gasteiger partial charge in [0.1, 0.15) is 10.0 Å². The van der Waals surface area contributed by atoms with Crippen molar-refractivity contribution in [2.24, 2.45) is 0 Å². The largest absolute Gasteiger partial charge is 0.378 e. The first-order valence-corrected chi connectivity index (χ1v) is 10.6. The molecule has 0 spiro atoms. The molecule has 1 fully saturated rings. The highest BCUT2D eigenvalue weighted by molar-refractivity contribution is 7.92. The topological polar surface area (TPSA) is 84.4 Å². The number of hydrogen-bond donors (Lipinski definition) is 1. The van der Waals surface area contributed by atoms with Gasteiger partial charge in [-0.1, -0.05) is 22.9 Å². The summed E-state index contributed by atoms with van der Waals surface area (Å²) in [5.74, 6) is 0. The van der Waals surface area contributed by atoms with Gasteiger partial charge in [-0.2, -0.15) is 0 Å². The fourth-order valence-corrected chi connectivity index (χ4v) is 4.76. The molecule has 0 atom stereocenters. The van der Waals surface area contributed by atoms with E-state index in [1.54, 1.807) is 12.1 Å². The average Bonchev–Trinajstić information content (AvgIpc) is 3.06. The number of rotatable bonds is 4. The molecule has 3 heterocycles. The van der Waals surface area contributed by atoms with Crippen LogP contribution in [-0.2, 0) is 14.8 Å². The maximum absolute atomic E-state index is 12.5. The number of nitrogens with one attached hydrogen (secondary N) is 1. The Labute approximate surface area is 159 Å². The average molecular weight is 411 g/mol. The lowest BCUT2D eigenvalue weighted by Gasteiger charge is -2.25. The molecule has 1 aliphatic rings. The van der Waals surface area contributed by atoms with Crippen molar-refractivity contribution in [1.82, 2.24) is 9.97 Å². The van der Waals surface area contributed by atoms with Crippen LogP contribution in [0.15, 0.2) is 41.4 Å². The van der Waals surface area contributed by atoms with Crippen LogP contribution in [-0.4, -0.2) is 44.7 Å². The molecule has 0 unspecified atom stereocenters. The van der Waals surface area contributed by atoms with Gasteiger partial charge in [0.25, 0.3) is 10.0 Å². The van der Waals surface area contributed by atoms with Crippen LogP contribution in [0.3, 0.4) is 0 Å². The Morgan fingerprint density at radius 3 is 2.73 bits per heavy atom. The first-order valence-electron chi connectivity index (χ1n) is 7.89. The van der Waals surface area contributed by atoms with Crippen LogP contribution in [0.4, 0.5) is 10.8 Å². The van der Waals surface area contributed by atoms with E-state index in [9.17, 15) is 8.42 Å². The minimum Gasteiger partial charge on any atom is -0.378 e. The van der Waals surface area contributed by atoms with Gasteiger partial charge in [0.15, 0.2) is 5.13 Å². The Hall–Kier alpha value is -1.94. The Morgan fingerprint density at radius 1 is 1.19 bits per heavy atom. The van der Waals surface area contributed by atoms with Gasteiger partial charge in [-0.25, -0.2) is 18.4 Å². The Bertz CT molecular complexity index is 1030. The summed E-state index contributed by atoms with van der Waals surface area (Å²) in [6.45, 7) is 3.00. The monoisotopic (exact) mass is 410 g/mol. The number of hydrogen-bond acceptors (Lipinski definition) is 7. The third kappa shape index (κ3) is 3.61. The minimum atomic E-state index is -3.73. The first kappa shape index (κ1) is 17.5. The fourth-order valence-electron chi connectivity index (χ4n) is 2.60. The molecule has 0 radical (unpaired) electrons. The van der Waals surface area contributed by atoms with Crippen LogP contribution < -0.4 is 9.62 Å². The number of fused-ring (bicyclic) bond motifs is 1. The molecule has 1 N–H and O–H groups in total. The van der Waals surface area contributed by atoms with Crippen LogP contribution in [0.1, 0.15) is 0 Å². The van der Waals surface area contributed by atoms with Crippen molar-refractivity contribution in [3.8, 4) is 0 Å². The highest BCUT2D eigenvalue weighted by atomic mass is 35.5. The van der Waals surface area contributed by atoms with E-state index in [-0.39, 0.29) is 10.0 Å². The number of thiazole rings is 1. The van der Waals surface area contributed by atoms with E-state index in [4.69, 9.17) is 16.3 Å². The molecule has 136 valence electrons. The molecular formula is C16H15ClN4O3S2. The molecule has 3 aromatic rings. The van der Waals surface area contributed by atoms with E-state index in [1.807, 2.05) is 6.07 Å². The summed E-state index contributed by atoms with van der Waals surface area (Å²) in [7, 11) is -3.73. The molecule has 1 aromatic carbocycles. The lowest BCUT2D eigenvalue weighted by Crippen LogP contribution is -2.36. The van der Waals surface area contributed by atoms with Crippen molar-refractivity contribution in [1.29, 1.82) is 0 Å².